The molecule has 1 aromatic rings. The van der Waals surface area contributed by atoms with Crippen molar-refractivity contribution in [2.24, 2.45) is 0 Å². The molecule has 1 aromatic carbocycles. The summed E-state index contributed by atoms with van der Waals surface area (Å²) < 4.78 is 17.0. The van der Waals surface area contributed by atoms with E-state index in [0.29, 0.717) is 37.1 Å². The molecular weight excluding hydrogens is 368 g/mol. The van der Waals surface area contributed by atoms with Gasteiger partial charge in [0, 0.05) is 12.6 Å². The van der Waals surface area contributed by atoms with Crippen LogP contribution in [0.3, 0.4) is 0 Å². The highest BCUT2D eigenvalue weighted by atomic mass is 16.9. The first-order chi connectivity index (χ1) is 13.5. The molecule has 9 nitrogen and oxygen atoms in total. The van der Waals surface area contributed by atoms with Crippen LogP contribution in [0.1, 0.15) is 26.3 Å². The van der Waals surface area contributed by atoms with E-state index < -0.39 is 5.09 Å². The Bertz CT molecular complexity index is 675. The number of nitrogens with one attached hydrogen (secondary N) is 1. The van der Waals surface area contributed by atoms with Gasteiger partial charge < -0.3 is 24.4 Å². The van der Waals surface area contributed by atoms with Crippen molar-refractivity contribution in [1.82, 2.24) is 5.32 Å². The molecule has 1 amide bonds. The number of ether oxygens (including phenoxy) is 3. The molecule has 0 saturated carbocycles. The molecule has 28 heavy (non-hydrogen) atoms. The van der Waals surface area contributed by atoms with E-state index in [9.17, 15) is 14.9 Å². The van der Waals surface area contributed by atoms with Gasteiger partial charge in [0.1, 0.15) is 6.61 Å². The van der Waals surface area contributed by atoms with Gasteiger partial charge in [0.2, 0.25) is 11.7 Å². The van der Waals surface area contributed by atoms with Gasteiger partial charge in [0.05, 0.1) is 19.8 Å². The van der Waals surface area contributed by atoms with Crippen LogP contribution in [-0.2, 0) is 9.63 Å². The zero-order valence-corrected chi connectivity index (χ0v) is 16.3. The lowest BCUT2D eigenvalue weighted by molar-refractivity contribution is -0.757. The Kier molecular flexibility index (Phi) is 10.6. The van der Waals surface area contributed by atoms with Crippen LogP contribution in [0, 0.1) is 10.1 Å². The van der Waals surface area contributed by atoms with E-state index in [1.807, 2.05) is 32.9 Å². The van der Waals surface area contributed by atoms with Crippen molar-refractivity contribution < 1.29 is 28.9 Å². The lowest BCUT2D eigenvalue weighted by Gasteiger charge is -2.16. The van der Waals surface area contributed by atoms with Crippen LogP contribution >= 0.6 is 0 Å². The summed E-state index contributed by atoms with van der Waals surface area (Å²) in [5.74, 6) is 1.36. The van der Waals surface area contributed by atoms with Gasteiger partial charge in [-0.2, -0.15) is 0 Å². The summed E-state index contributed by atoms with van der Waals surface area (Å²) in [6, 6.07) is 3.66. The fourth-order valence-corrected chi connectivity index (χ4v) is 2.17. The summed E-state index contributed by atoms with van der Waals surface area (Å²) in [6.07, 6.45) is 6.35. The van der Waals surface area contributed by atoms with Gasteiger partial charge in [0.15, 0.2) is 11.5 Å². The molecule has 0 heterocycles. The Balaban J connectivity index is 2.78. The van der Waals surface area contributed by atoms with Gasteiger partial charge >= 0.3 is 0 Å². The maximum absolute atomic E-state index is 11.6. The molecule has 0 bridgehead atoms. The number of allylic oxidation sites excluding steroid dienone is 2. The van der Waals surface area contributed by atoms with Crippen molar-refractivity contribution >= 4 is 12.0 Å². The van der Waals surface area contributed by atoms with Crippen LogP contribution in [0.15, 0.2) is 30.4 Å². The lowest BCUT2D eigenvalue weighted by atomic mass is 10.1. The van der Waals surface area contributed by atoms with Crippen LogP contribution < -0.4 is 19.5 Å². The number of benzene rings is 1. The first-order valence-electron chi connectivity index (χ1n) is 8.98. The van der Waals surface area contributed by atoms with Gasteiger partial charge in [-0.3, -0.25) is 4.79 Å². The Morgan fingerprint density at radius 1 is 1.07 bits per heavy atom. The first-order valence-corrected chi connectivity index (χ1v) is 8.98. The average molecular weight is 394 g/mol. The third-order valence-corrected chi connectivity index (χ3v) is 3.18. The average Bonchev–Trinajstić information content (AvgIpc) is 2.65. The summed E-state index contributed by atoms with van der Waals surface area (Å²) in [4.78, 5) is 25.7. The first kappa shape index (κ1) is 22.8. The normalized spacial score (nSPS) is 10.8. The third kappa shape index (κ3) is 8.43. The fourth-order valence-electron chi connectivity index (χ4n) is 2.17. The zero-order valence-electron chi connectivity index (χ0n) is 16.3. The standard InChI is InChI=1S/C19H26N2O7/c1-4-25-16-13-15(14-17(26-5-2)19(16)27-6-3)9-7-8-10-18(22)20-11-12-28-21(23)24/h7-10,13-14H,4-6,11-12H2,1-3H3,(H,20,22). The van der Waals surface area contributed by atoms with Crippen molar-refractivity contribution in [3.05, 3.63) is 46.0 Å². The van der Waals surface area contributed by atoms with Crippen molar-refractivity contribution in [2.45, 2.75) is 20.8 Å². The number of rotatable bonds is 13. The highest BCUT2D eigenvalue weighted by Crippen LogP contribution is 2.39. The highest BCUT2D eigenvalue weighted by Gasteiger charge is 2.13. The molecule has 0 aliphatic rings. The number of amides is 1. The van der Waals surface area contributed by atoms with Crippen LogP contribution in [0.4, 0.5) is 0 Å². The summed E-state index contributed by atoms with van der Waals surface area (Å²) in [6.45, 7) is 6.96. The third-order valence-electron chi connectivity index (χ3n) is 3.18. The molecular formula is C19H26N2O7. The summed E-state index contributed by atoms with van der Waals surface area (Å²) in [7, 11) is 0. The van der Waals surface area contributed by atoms with Crippen LogP contribution in [0.5, 0.6) is 17.2 Å². The Morgan fingerprint density at radius 3 is 2.21 bits per heavy atom. The highest BCUT2D eigenvalue weighted by molar-refractivity contribution is 5.87. The number of carbonyl (C=O) groups excluding carboxylic acids is 1. The predicted molar refractivity (Wildman–Crippen MR) is 104 cm³/mol. The molecule has 1 rings (SSSR count). The molecule has 0 fully saturated rings. The number of hydrogen-bond donors (Lipinski definition) is 1. The molecule has 1 N–H and O–H groups in total. The van der Waals surface area contributed by atoms with Crippen molar-refractivity contribution in [3.63, 3.8) is 0 Å². The predicted octanol–water partition coefficient (Wildman–Crippen LogP) is 2.78. The molecule has 0 saturated heterocycles. The van der Waals surface area contributed by atoms with Crippen molar-refractivity contribution in [1.29, 1.82) is 0 Å². The van der Waals surface area contributed by atoms with Crippen molar-refractivity contribution in [2.75, 3.05) is 33.0 Å². The molecule has 0 aliphatic carbocycles. The van der Waals surface area contributed by atoms with E-state index in [0.717, 1.165) is 5.56 Å². The molecule has 0 radical (unpaired) electrons. The lowest BCUT2D eigenvalue weighted by Crippen LogP contribution is -2.26. The van der Waals surface area contributed by atoms with Gasteiger partial charge in [-0.15, -0.1) is 10.1 Å². The molecule has 0 spiro atoms. The largest absolute Gasteiger partial charge is 0.490 e. The summed E-state index contributed by atoms with van der Waals surface area (Å²) >= 11 is 0. The monoisotopic (exact) mass is 394 g/mol. The second kappa shape index (κ2) is 13.0. The topological polar surface area (TPSA) is 109 Å². The molecule has 0 atom stereocenters. The zero-order chi connectivity index (χ0) is 20.8. The van der Waals surface area contributed by atoms with Gasteiger partial charge in [-0.05, 0) is 38.5 Å². The molecule has 9 heteroatoms. The van der Waals surface area contributed by atoms with Crippen LogP contribution in [0.25, 0.3) is 6.08 Å². The van der Waals surface area contributed by atoms with E-state index >= 15 is 0 Å². The van der Waals surface area contributed by atoms with E-state index in [4.69, 9.17) is 14.2 Å². The Hall–Kier alpha value is -3.23. The van der Waals surface area contributed by atoms with Gasteiger partial charge in [-0.1, -0.05) is 18.2 Å². The van der Waals surface area contributed by atoms with Crippen molar-refractivity contribution in [3.8, 4) is 17.2 Å². The summed E-state index contributed by atoms with van der Waals surface area (Å²) in [5.41, 5.74) is 0.819. The second-order valence-electron chi connectivity index (χ2n) is 5.21. The summed E-state index contributed by atoms with van der Waals surface area (Å²) in [5, 5.41) is 11.6. The Morgan fingerprint density at radius 2 is 1.68 bits per heavy atom. The number of hydrogen-bond acceptors (Lipinski definition) is 7. The minimum absolute atomic E-state index is 0.0438. The molecule has 0 unspecified atom stereocenters. The van der Waals surface area contributed by atoms with E-state index in [2.05, 4.69) is 10.2 Å². The second-order valence-corrected chi connectivity index (χ2v) is 5.21. The van der Waals surface area contributed by atoms with Gasteiger partial charge in [0.25, 0.3) is 5.09 Å². The SMILES string of the molecule is CCOc1cc(C=CC=CC(=O)NCCO[N+](=O)[O-])cc(OCC)c1OCC. The van der Waals surface area contributed by atoms with E-state index in [1.165, 1.54) is 6.08 Å². The smallest absolute Gasteiger partial charge is 0.294 e. The maximum atomic E-state index is 11.6. The number of nitrogens with zero attached hydrogens (tertiary/aromatic N) is 1. The fraction of sp³-hybridized carbons (Fsp3) is 0.421. The minimum Gasteiger partial charge on any atom is -0.490 e. The van der Waals surface area contributed by atoms with Crippen LogP contribution in [0.2, 0.25) is 0 Å². The number of carbonyl (C=O) groups is 1. The van der Waals surface area contributed by atoms with E-state index in [1.54, 1.807) is 18.2 Å². The van der Waals surface area contributed by atoms with E-state index in [-0.39, 0.29) is 19.1 Å². The Labute approximate surface area is 164 Å². The quantitative estimate of drug-likeness (QED) is 0.180. The molecule has 154 valence electrons. The molecule has 0 aliphatic heterocycles. The minimum atomic E-state index is -0.908. The van der Waals surface area contributed by atoms with Gasteiger partial charge in [-0.25, -0.2) is 0 Å². The molecule has 0 aromatic heterocycles. The maximum Gasteiger partial charge on any atom is 0.294 e. The van der Waals surface area contributed by atoms with Crippen LogP contribution in [-0.4, -0.2) is 44.0 Å².